The Hall–Kier alpha value is -3.36. The van der Waals surface area contributed by atoms with Crippen LogP contribution in [-0.2, 0) is 32.6 Å². The van der Waals surface area contributed by atoms with E-state index in [4.69, 9.17) is 11.6 Å². The predicted octanol–water partition coefficient (Wildman–Crippen LogP) is 5.36. The maximum atomic E-state index is 13.8. The summed E-state index contributed by atoms with van der Waals surface area (Å²) in [5.74, 6) is -0.447. The highest BCUT2D eigenvalue weighted by Gasteiger charge is 2.31. The molecule has 0 aliphatic rings. The Balaban J connectivity index is 1.88. The number of hydrogen-bond donors (Lipinski definition) is 1. The van der Waals surface area contributed by atoms with Crippen molar-refractivity contribution in [2.75, 3.05) is 17.1 Å². The van der Waals surface area contributed by atoms with Crippen LogP contribution in [0.15, 0.2) is 78.9 Å². The third-order valence-corrected chi connectivity index (χ3v) is 7.81. The van der Waals surface area contributed by atoms with Gasteiger partial charge in [-0.3, -0.25) is 13.9 Å². The lowest BCUT2D eigenvalue weighted by Gasteiger charge is -2.32. The minimum atomic E-state index is -3.60. The van der Waals surface area contributed by atoms with E-state index in [0.717, 1.165) is 22.9 Å². The van der Waals surface area contributed by atoms with Crippen LogP contribution >= 0.6 is 11.6 Å². The number of anilines is 1. The number of rotatable bonds is 13. The molecule has 2 amide bonds. The monoisotopic (exact) mass is 583 g/mol. The molecule has 1 N–H and O–H groups in total. The van der Waals surface area contributed by atoms with Gasteiger partial charge >= 0.3 is 0 Å². The molecule has 7 nitrogen and oxygen atoms in total. The summed E-state index contributed by atoms with van der Waals surface area (Å²) in [5.41, 5.74) is 3.36. The second-order valence-electron chi connectivity index (χ2n) is 10.3. The molecule has 0 bridgehead atoms. The summed E-state index contributed by atoms with van der Waals surface area (Å²) in [7, 11) is -3.60. The highest BCUT2D eigenvalue weighted by atomic mass is 35.5. The van der Waals surface area contributed by atoms with Gasteiger partial charge in [0.25, 0.3) is 0 Å². The van der Waals surface area contributed by atoms with Gasteiger partial charge < -0.3 is 10.2 Å². The minimum absolute atomic E-state index is 0.0681. The summed E-state index contributed by atoms with van der Waals surface area (Å²) in [6.45, 7) is 6.12. The van der Waals surface area contributed by atoms with E-state index >= 15 is 0 Å². The molecule has 0 aliphatic heterocycles. The highest BCUT2D eigenvalue weighted by molar-refractivity contribution is 7.92. The SMILES string of the molecule is Cc1cccc(CN(C(=O)CCCN(c2cccc(Cl)c2)S(C)(=O)=O)[C@@H](Cc2ccccc2)C(=O)NC(C)C)c1. The number of nitrogens with zero attached hydrogens (tertiary/aromatic N) is 2. The Bertz CT molecular complexity index is 1400. The largest absolute Gasteiger partial charge is 0.352 e. The smallest absolute Gasteiger partial charge is 0.243 e. The number of carbonyl (C=O) groups is 2. The number of aryl methyl sites for hydroxylation is 1. The second kappa shape index (κ2) is 14.3. The quantitative estimate of drug-likeness (QED) is 0.293. The Morgan fingerprint density at radius 2 is 1.60 bits per heavy atom. The Morgan fingerprint density at radius 3 is 2.23 bits per heavy atom. The standard InChI is InChI=1S/C31H38ClN3O4S/c1-23(2)33-31(37)29(20-25-12-6-5-7-13-25)34(22-26-14-8-11-24(3)19-26)30(36)17-10-18-35(40(4,38)39)28-16-9-15-27(32)21-28/h5-9,11-16,19,21,23,29H,10,17-18,20,22H2,1-4H3,(H,33,37)/t29-/m0/s1. The molecule has 0 aliphatic carbocycles. The van der Waals surface area contributed by atoms with E-state index in [0.29, 0.717) is 17.1 Å². The summed E-state index contributed by atoms with van der Waals surface area (Å²) in [6, 6.07) is 23.3. The van der Waals surface area contributed by atoms with Gasteiger partial charge in [-0.25, -0.2) is 8.42 Å². The Kier molecular flexibility index (Phi) is 11.2. The zero-order chi connectivity index (χ0) is 29.3. The van der Waals surface area contributed by atoms with Crippen molar-refractivity contribution < 1.29 is 18.0 Å². The third-order valence-electron chi connectivity index (χ3n) is 6.39. The first-order chi connectivity index (χ1) is 18.9. The van der Waals surface area contributed by atoms with E-state index in [1.807, 2.05) is 75.4 Å². The van der Waals surface area contributed by atoms with Crippen molar-refractivity contribution in [2.45, 2.75) is 58.7 Å². The molecule has 0 radical (unpaired) electrons. The minimum Gasteiger partial charge on any atom is -0.352 e. The molecule has 0 saturated heterocycles. The normalized spacial score (nSPS) is 12.2. The summed E-state index contributed by atoms with van der Waals surface area (Å²) < 4.78 is 26.4. The number of benzene rings is 3. The zero-order valence-corrected chi connectivity index (χ0v) is 25.1. The van der Waals surface area contributed by atoms with Crippen LogP contribution in [0.4, 0.5) is 5.69 Å². The fourth-order valence-electron chi connectivity index (χ4n) is 4.58. The number of carbonyl (C=O) groups excluding carboxylic acids is 2. The van der Waals surface area contributed by atoms with E-state index in [-0.39, 0.29) is 43.8 Å². The lowest BCUT2D eigenvalue weighted by atomic mass is 10.0. The van der Waals surface area contributed by atoms with E-state index < -0.39 is 16.1 Å². The van der Waals surface area contributed by atoms with Crippen LogP contribution in [-0.4, -0.2) is 50.0 Å². The zero-order valence-electron chi connectivity index (χ0n) is 23.5. The van der Waals surface area contributed by atoms with E-state index in [9.17, 15) is 18.0 Å². The van der Waals surface area contributed by atoms with Crippen molar-refractivity contribution in [3.05, 3.63) is 101 Å². The van der Waals surface area contributed by atoms with Gasteiger partial charge in [0.05, 0.1) is 11.9 Å². The number of sulfonamides is 1. The number of amides is 2. The number of halogens is 1. The van der Waals surface area contributed by atoms with Gasteiger partial charge in [-0.15, -0.1) is 0 Å². The highest BCUT2D eigenvalue weighted by Crippen LogP contribution is 2.23. The van der Waals surface area contributed by atoms with Gasteiger partial charge in [0.1, 0.15) is 6.04 Å². The van der Waals surface area contributed by atoms with Crippen molar-refractivity contribution in [3.8, 4) is 0 Å². The maximum Gasteiger partial charge on any atom is 0.243 e. The summed E-state index contributed by atoms with van der Waals surface area (Å²) in [5, 5.41) is 3.41. The molecule has 3 rings (SSSR count). The summed E-state index contributed by atoms with van der Waals surface area (Å²) in [4.78, 5) is 28.9. The lowest BCUT2D eigenvalue weighted by molar-refractivity contribution is -0.141. The van der Waals surface area contributed by atoms with Crippen molar-refractivity contribution in [2.24, 2.45) is 0 Å². The predicted molar refractivity (Wildman–Crippen MR) is 162 cm³/mol. The van der Waals surface area contributed by atoms with Gasteiger partial charge in [0, 0.05) is 37.0 Å². The molecule has 1 atom stereocenters. The van der Waals surface area contributed by atoms with Crippen LogP contribution in [0.3, 0.4) is 0 Å². The molecular weight excluding hydrogens is 546 g/mol. The van der Waals surface area contributed by atoms with Gasteiger partial charge in [0.15, 0.2) is 0 Å². The first-order valence-electron chi connectivity index (χ1n) is 13.4. The van der Waals surface area contributed by atoms with Crippen LogP contribution in [0.1, 0.15) is 43.4 Å². The van der Waals surface area contributed by atoms with Gasteiger partial charge in [-0.05, 0) is 56.5 Å². The molecule has 3 aromatic carbocycles. The number of nitrogens with one attached hydrogen (secondary N) is 1. The van der Waals surface area contributed by atoms with Gasteiger partial charge in [0.2, 0.25) is 21.8 Å². The van der Waals surface area contributed by atoms with Crippen molar-refractivity contribution in [3.63, 3.8) is 0 Å². The molecule has 0 saturated carbocycles. The molecule has 9 heteroatoms. The molecule has 0 fully saturated rings. The number of hydrogen-bond acceptors (Lipinski definition) is 4. The lowest BCUT2D eigenvalue weighted by Crippen LogP contribution is -2.51. The van der Waals surface area contributed by atoms with Crippen LogP contribution in [0.2, 0.25) is 5.02 Å². The van der Waals surface area contributed by atoms with Crippen molar-refractivity contribution >= 4 is 39.1 Å². The third kappa shape index (κ3) is 9.38. The fourth-order valence-corrected chi connectivity index (χ4v) is 5.72. The molecule has 3 aromatic rings. The summed E-state index contributed by atoms with van der Waals surface area (Å²) in [6.07, 6.45) is 1.83. The van der Waals surface area contributed by atoms with E-state index in [1.165, 1.54) is 4.31 Å². The Labute approximate surface area is 243 Å². The Morgan fingerprint density at radius 1 is 0.925 bits per heavy atom. The molecule has 214 valence electrons. The van der Waals surface area contributed by atoms with E-state index in [2.05, 4.69) is 5.32 Å². The van der Waals surface area contributed by atoms with Gasteiger partial charge in [-0.2, -0.15) is 0 Å². The average molecular weight is 584 g/mol. The molecule has 40 heavy (non-hydrogen) atoms. The topological polar surface area (TPSA) is 86.8 Å². The first kappa shape index (κ1) is 31.2. The van der Waals surface area contributed by atoms with Gasteiger partial charge in [-0.1, -0.05) is 77.8 Å². The average Bonchev–Trinajstić information content (AvgIpc) is 2.88. The van der Waals surface area contributed by atoms with Crippen molar-refractivity contribution in [1.29, 1.82) is 0 Å². The van der Waals surface area contributed by atoms with Crippen LogP contribution in [0, 0.1) is 6.92 Å². The molecular formula is C31H38ClN3O4S. The van der Waals surface area contributed by atoms with Crippen LogP contribution < -0.4 is 9.62 Å². The van der Waals surface area contributed by atoms with Crippen LogP contribution in [0.25, 0.3) is 0 Å². The van der Waals surface area contributed by atoms with Crippen molar-refractivity contribution in [1.82, 2.24) is 10.2 Å². The molecule has 0 spiro atoms. The second-order valence-corrected chi connectivity index (χ2v) is 12.6. The van der Waals surface area contributed by atoms with Crippen LogP contribution in [0.5, 0.6) is 0 Å². The molecule has 0 aromatic heterocycles. The summed E-state index contributed by atoms with van der Waals surface area (Å²) >= 11 is 6.10. The first-order valence-corrected chi connectivity index (χ1v) is 15.6. The van der Waals surface area contributed by atoms with E-state index in [1.54, 1.807) is 29.2 Å². The molecule has 0 heterocycles. The fraction of sp³-hybridized carbons (Fsp3) is 0.355. The maximum absolute atomic E-state index is 13.8. The molecule has 0 unspecified atom stereocenters.